The summed E-state index contributed by atoms with van der Waals surface area (Å²) in [6.07, 6.45) is -4.25. The van der Waals surface area contributed by atoms with Crippen molar-refractivity contribution in [3.05, 3.63) is 47.7 Å². The first-order chi connectivity index (χ1) is 9.05. The maximum Gasteiger partial charge on any atom is 0.448 e. The van der Waals surface area contributed by atoms with Crippen LogP contribution in [0.4, 0.5) is 13.2 Å². The zero-order valence-electron chi connectivity index (χ0n) is 10.4. The van der Waals surface area contributed by atoms with Gasteiger partial charge in [-0.2, -0.15) is 13.2 Å². The van der Waals surface area contributed by atoms with Crippen LogP contribution in [0.2, 0.25) is 0 Å². The van der Waals surface area contributed by atoms with Gasteiger partial charge in [0.05, 0.1) is 0 Å². The Morgan fingerprint density at radius 1 is 1.25 bits per heavy atom. The van der Waals surface area contributed by atoms with Crippen molar-refractivity contribution in [1.82, 2.24) is 0 Å². The molecule has 1 aliphatic rings. The number of hydrogen-bond donors (Lipinski definition) is 1. The van der Waals surface area contributed by atoms with Crippen LogP contribution in [0.15, 0.2) is 42.2 Å². The van der Waals surface area contributed by atoms with Crippen LogP contribution in [-0.4, -0.2) is 19.8 Å². The Morgan fingerprint density at radius 2 is 1.80 bits per heavy atom. The van der Waals surface area contributed by atoms with E-state index in [0.29, 0.717) is 11.6 Å². The Balaban J connectivity index is 2.55. The lowest BCUT2D eigenvalue weighted by atomic mass is 9.93. The van der Waals surface area contributed by atoms with Crippen LogP contribution in [0, 0.1) is 0 Å². The third-order valence-electron chi connectivity index (χ3n) is 3.15. The van der Waals surface area contributed by atoms with E-state index in [9.17, 15) is 21.6 Å². The van der Waals surface area contributed by atoms with Gasteiger partial charge in [-0.15, -0.1) is 0 Å². The molecule has 4 nitrogen and oxygen atoms in total. The van der Waals surface area contributed by atoms with Crippen LogP contribution in [0.25, 0.3) is 0 Å². The van der Waals surface area contributed by atoms with Gasteiger partial charge >= 0.3 is 6.18 Å². The number of ether oxygens (including phenoxy) is 1. The Bertz CT molecular complexity index is 640. The normalized spacial score (nSPS) is 27.1. The second-order valence-corrected chi connectivity index (χ2v) is 6.30. The van der Waals surface area contributed by atoms with Crippen molar-refractivity contribution in [2.24, 2.45) is 5.14 Å². The lowest BCUT2D eigenvalue weighted by molar-refractivity contribution is -0.147. The molecular weight excluding hydrogens is 295 g/mol. The number of allylic oxidation sites excluding steroid dienone is 1. The Labute approximate surface area is 114 Å². The molecule has 2 unspecified atom stereocenters. The lowest BCUT2D eigenvalue weighted by Gasteiger charge is -2.30. The van der Waals surface area contributed by atoms with Crippen LogP contribution < -0.4 is 5.14 Å². The van der Waals surface area contributed by atoms with E-state index in [2.05, 4.69) is 0 Å². The summed E-state index contributed by atoms with van der Waals surface area (Å²) in [6.45, 7) is 1.27. The minimum absolute atomic E-state index is 0.300. The summed E-state index contributed by atoms with van der Waals surface area (Å²) < 4.78 is 66.3. The topological polar surface area (TPSA) is 69.4 Å². The molecule has 0 saturated carbocycles. The van der Waals surface area contributed by atoms with Crippen molar-refractivity contribution in [3.8, 4) is 0 Å². The quantitative estimate of drug-likeness (QED) is 0.909. The molecule has 1 aliphatic heterocycles. The highest BCUT2D eigenvalue weighted by atomic mass is 32.2. The molecule has 0 saturated heterocycles. The van der Waals surface area contributed by atoms with Gasteiger partial charge in [-0.05, 0) is 18.6 Å². The fourth-order valence-electron chi connectivity index (χ4n) is 2.17. The molecular formula is C12H12F3NO3S. The molecule has 0 bridgehead atoms. The molecule has 1 heterocycles. The number of alkyl halides is 3. The second kappa shape index (κ2) is 4.49. The first kappa shape index (κ1) is 14.9. The first-order valence-corrected chi connectivity index (χ1v) is 7.21. The van der Waals surface area contributed by atoms with Crippen LogP contribution in [-0.2, 0) is 20.4 Å². The molecule has 2 rings (SSSR count). The average Bonchev–Trinajstić information content (AvgIpc) is 2.69. The molecule has 8 heteroatoms. The predicted octanol–water partition coefficient (Wildman–Crippen LogP) is 2.04. The molecule has 0 spiro atoms. The fraction of sp³-hybridized carbons (Fsp3) is 0.333. The van der Waals surface area contributed by atoms with Crippen LogP contribution >= 0.6 is 0 Å². The maximum absolute atomic E-state index is 12.8. The van der Waals surface area contributed by atoms with Crippen molar-refractivity contribution in [2.75, 3.05) is 0 Å². The number of primary sulfonamides is 1. The Kier molecular flexibility index (Phi) is 3.34. The Morgan fingerprint density at radius 3 is 2.25 bits per heavy atom. The Hall–Kier alpha value is -1.54. The van der Waals surface area contributed by atoms with E-state index >= 15 is 0 Å². The smallest absolute Gasteiger partial charge is 0.448 e. The first-order valence-electron chi connectivity index (χ1n) is 5.60. The zero-order valence-corrected chi connectivity index (χ0v) is 11.2. The molecule has 2 N–H and O–H groups in total. The molecule has 0 aromatic heterocycles. The van der Waals surface area contributed by atoms with Gasteiger partial charge in [0, 0.05) is 0 Å². The SMILES string of the molecule is CC1(c2ccccc2)OC(C(F)(F)F)=CC1S(N)(=O)=O. The standard InChI is InChI=1S/C12H12F3NO3S/c1-11(8-5-3-2-4-6-8)10(20(16,17)18)7-9(19-11)12(13,14)15/h2-7,10H,1H3,(H2,16,17,18). The van der Waals surface area contributed by atoms with Gasteiger partial charge in [-0.25, -0.2) is 13.6 Å². The van der Waals surface area contributed by atoms with Crippen molar-refractivity contribution in [1.29, 1.82) is 0 Å². The van der Waals surface area contributed by atoms with Crippen molar-refractivity contribution >= 4 is 10.0 Å². The van der Waals surface area contributed by atoms with Crippen LogP contribution in [0.5, 0.6) is 0 Å². The molecule has 0 aliphatic carbocycles. The van der Waals surface area contributed by atoms with Crippen molar-refractivity contribution in [2.45, 2.75) is 24.0 Å². The van der Waals surface area contributed by atoms with Crippen molar-refractivity contribution in [3.63, 3.8) is 0 Å². The number of sulfonamides is 1. The van der Waals surface area contributed by atoms with E-state index in [4.69, 9.17) is 9.88 Å². The van der Waals surface area contributed by atoms with E-state index in [-0.39, 0.29) is 0 Å². The van der Waals surface area contributed by atoms with Gasteiger partial charge in [0.2, 0.25) is 10.0 Å². The number of nitrogens with two attached hydrogens (primary N) is 1. The molecule has 0 amide bonds. The maximum atomic E-state index is 12.8. The molecule has 1 aromatic carbocycles. The van der Waals surface area contributed by atoms with E-state index in [0.717, 1.165) is 0 Å². The average molecular weight is 307 g/mol. The second-order valence-electron chi connectivity index (χ2n) is 4.61. The summed E-state index contributed by atoms with van der Waals surface area (Å²) in [5.41, 5.74) is -1.41. The third kappa shape index (κ3) is 2.53. The molecule has 1 aromatic rings. The van der Waals surface area contributed by atoms with E-state index in [1.807, 2.05) is 0 Å². The van der Waals surface area contributed by atoms with Gasteiger partial charge < -0.3 is 4.74 Å². The number of hydrogen-bond acceptors (Lipinski definition) is 3. The summed E-state index contributed by atoms with van der Waals surface area (Å²) >= 11 is 0. The van der Waals surface area contributed by atoms with Gasteiger partial charge in [0.15, 0.2) is 11.4 Å². The highest BCUT2D eigenvalue weighted by molar-refractivity contribution is 7.90. The van der Waals surface area contributed by atoms with Gasteiger partial charge in [0.25, 0.3) is 0 Å². The van der Waals surface area contributed by atoms with Gasteiger partial charge in [0.1, 0.15) is 5.25 Å². The zero-order chi connectivity index (χ0) is 15.2. The summed E-state index contributed by atoms with van der Waals surface area (Å²) in [5.74, 6) is -1.34. The van der Waals surface area contributed by atoms with Crippen LogP contribution in [0.1, 0.15) is 12.5 Å². The van der Waals surface area contributed by atoms with Gasteiger partial charge in [-0.1, -0.05) is 30.3 Å². The van der Waals surface area contributed by atoms with E-state index in [1.54, 1.807) is 18.2 Å². The predicted molar refractivity (Wildman–Crippen MR) is 65.9 cm³/mol. The molecule has 0 radical (unpaired) electrons. The van der Waals surface area contributed by atoms with Gasteiger partial charge in [-0.3, -0.25) is 0 Å². The van der Waals surface area contributed by atoms with Crippen molar-refractivity contribution < 1.29 is 26.3 Å². The molecule has 110 valence electrons. The molecule has 20 heavy (non-hydrogen) atoms. The summed E-state index contributed by atoms with van der Waals surface area (Å²) in [7, 11) is -4.25. The molecule has 0 fully saturated rings. The highest BCUT2D eigenvalue weighted by Gasteiger charge is 2.54. The third-order valence-corrected chi connectivity index (χ3v) is 4.44. The van der Waals surface area contributed by atoms with E-state index < -0.39 is 32.8 Å². The van der Waals surface area contributed by atoms with Crippen LogP contribution in [0.3, 0.4) is 0 Å². The number of halogens is 3. The summed E-state index contributed by atoms with van der Waals surface area (Å²) in [6, 6.07) is 7.80. The minimum atomic E-state index is -4.77. The largest absolute Gasteiger partial charge is 0.476 e. The fourth-order valence-corrected chi connectivity index (χ4v) is 3.29. The summed E-state index contributed by atoms with van der Waals surface area (Å²) in [5, 5.41) is 3.44. The monoisotopic (exact) mass is 307 g/mol. The minimum Gasteiger partial charge on any atom is -0.476 e. The number of benzene rings is 1. The summed E-state index contributed by atoms with van der Waals surface area (Å²) in [4.78, 5) is 0. The number of rotatable bonds is 2. The lowest BCUT2D eigenvalue weighted by Crippen LogP contribution is -2.42. The highest BCUT2D eigenvalue weighted by Crippen LogP contribution is 2.45. The van der Waals surface area contributed by atoms with E-state index in [1.165, 1.54) is 19.1 Å². The molecule has 2 atom stereocenters.